The van der Waals surface area contributed by atoms with Gasteiger partial charge in [-0.3, -0.25) is 4.79 Å². The van der Waals surface area contributed by atoms with Gasteiger partial charge >= 0.3 is 0 Å². The Kier molecular flexibility index (Phi) is 4.61. The lowest BCUT2D eigenvalue weighted by atomic mass is 9.86. The van der Waals surface area contributed by atoms with E-state index in [1.54, 1.807) is 7.11 Å². The highest BCUT2D eigenvalue weighted by molar-refractivity contribution is 6.28. The first-order valence-corrected chi connectivity index (χ1v) is 11.4. The van der Waals surface area contributed by atoms with Crippen LogP contribution in [0.1, 0.15) is 35.7 Å². The summed E-state index contributed by atoms with van der Waals surface area (Å²) >= 11 is 0. The van der Waals surface area contributed by atoms with Crippen LogP contribution in [0.5, 0.6) is 5.75 Å². The summed E-state index contributed by atoms with van der Waals surface area (Å²) in [5, 5.41) is 8.78. The molecule has 0 bridgehead atoms. The molecule has 1 N–H and O–H groups in total. The van der Waals surface area contributed by atoms with Crippen molar-refractivity contribution in [2.75, 3.05) is 30.4 Å². The fourth-order valence-electron chi connectivity index (χ4n) is 5.12. The number of piperidine rings is 1. The third kappa shape index (κ3) is 3.17. The Hall–Kier alpha value is -3.80. The van der Waals surface area contributed by atoms with E-state index in [1.807, 2.05) is 48.5 Å². The Labute approximate surface area is 192 Å². The van der Waals surface area contributed by atoms with Gasteiger partial charge < -0.3 is 19.5 Å². The van der Waals surface area contributed by atoms with Crippen LogP contribution in [0.3, 0.4) is 0 Å². The van der Waals surface area contributed by atoms with Gasteiger partial charge in [-0.15, -0.1) is 0 Å². The van der Waals surface area contributed by atoms with Gasteiger partial charge in [0.05, 0.1) is 29.4 Å². The molecule has 1 aromatic heterocycles. The summed E-state index contributed by atoms with van der Waals surface area (Å²) in [4.78, 5) is 16.1. The van der Waals surface area contributed by atoms with Crippen LogP contribution in [-0.2, 0) is 0 Å². The molecule has 0 radical (unpaired) electrons. The number of fused-ring (bicyclic) bond motifs is 2. The van der Waals surface area contributed by atoms with Crippen molar-refractivity contribution in [2.45, 2.75) is 19.8 Å². The van der Waals surface area contributed by atoms with E-state index >= 15 is 0 Å². The molecule has 6 rings (SSSR count). The lowest BCUT2D eigenvalue weighted by molar-refractivity contribution is 0.104. The van der Waals surface area contributed by atoms with E-state index in [1.165, 1.54) is 6.42 Å². The number of nitrogens with zero attached hydrogens (tertiary/aromatic N) is 2. The average Bonchev–Trinajstić information content (AvgIpc) is 3.28. The topological polar surface area (TPSA) is 67.6 Å². The molecule has 1 saturated heterocycles. The van der Waals surface area contributed by atoms with E-state index in [0.717, 1.165) is 58.8 Å². The predicted molar refractivity (Wildman–Crippen MR) is 130 cm³/mol. The van der Waals surface area contributed by atoms with Gasteiger partial charge in [0.15, 0.2) is 11.5 Å². The highest BCUT2D eigenvalue weighted by atomic mass is 16.5. The predicted octanol–water partition coefficient (Wildman–Crippen LogP) is 6.03. The van der Waals surface area contributed by atoms with Gasteiger partial charge in [0.2, 0.25) is 0 Å². The molecule has 6 heteroatoms. The Balaban J connectivity index is 1.57. The first-order chi connectivity index (χ1) is 16.1. The summed E-state index contributed by atoms with van der Waals surface area (Å²) in [5.41, 5.74) is 5.48. The van der Waals surface area contributed by atoms with Crippen LogP contribution < -0.4 is 15.0 Å². The fourth-order valence-corrected chi connectivity index (χ4v) is 5.12. The summed E-state index contributed by atoms with van der Waals surface area (Å²) in [7, 11) is 1.65. The second kappa shape index (κ2) is 7.66. The number of carbonyl (C=O) groups is 1. The monoisotopic (exact) mass is 439 g/mol. The van der Waals surface area contributed by atoms with Gasteiger partial charge in [0.25, 0.3) is 0 Å². The number of aromatic nitrogens is 1. The van der Waals surface area contributed by atoms with Gasteiger partial charge in [0, 0.05) is 29.9 Å². The zero-order chi connectivity index (χ0) is 22.5. The summed E-state index contributed by atoms with van der Waals surface area (Å²) in [6.07, 6.45) is 2.36. The van der Waals surface area contributed by atoms with Crippen molar-refractivity contribution < 1.29 is 14.1 Å². The Morgan fingerprint density at radius 3 is 2.67 bits per heavy atom. The molecule has 2 aliphatic rings. The second-order valence-electron chi connectivity index (χ2n) is 8.98. The number of carbonyl (C=O) groups excluding carboxylic acids is 1. The molecule has 166 valence electrons. The number of anilines is 3. The van der Waals surface area contributed by atoms with Crippen molar-refractivity contribution in [1.82, 2.24) is 5.16 Å². The van der Waals surface area contributed by atoms with Gasteiger partial charge in [-0.05, 0) is 49.1 Å². The Morgan fingerprint density at radius 1 is 1.12 bits per heavy atom. The van der Waals surface area contributed by atoms with Crippen LogP contribution in [0.15, 0.2) is 59.1 Å². The number of hydrogen-bond donors (Lipinski definition) is 1. The van der Waals surface area contributed by atoms with E-state index < -0.39 is 0 Å². The van der Waals surface area contributed by atoms with Gasteiger partial charge in [-0.2, -0.15) is 0 Å². The summed E-state index contributed by atoms with van der Waals surface area (Å²) in [6, 6.07) is 17.4. The minimum Gasteiger partial charge on any atom is -0.497 e. The van der Waals surface area contributed by atoms with Crippen LogP contribution in [0.2, 0.25) is 0 Å². The number of benzene rings is 3. The van der Waals surface area contributed by atoms with Gasteiger partial charge in [0.1, 0.15) is 11.3 Å². The maximum Gasteiger partial charge on any atom is 0.196 e. The molecule has 1 aliphatic carbocycles. The first kappa shape index (κ1) is 19.9. The molecule has 0 saturated carbocycles. The van der Waals surface area contributed by atoms with Crippen LogP contribution in [0.4, 0.5) is 17.1 Å². The summed E-state index contributed by atoms with van der Waals surface area (Å²) in [6.45, 7) is 4.21. The third-order valence-corrected chi connectivity index (χ3v) is 6.75. The number of nitrogens with one attached hydrogen (secondary N) is 1. The van der Waals surface area contributed by atoms with E-state index in [4.69, 9.17) is 9.26 Å². The standard InChI is InChI=1S/C27H25N3O3/c1-16-6-5-13-30(15-16)22-14-21(28-17-9-11-18(32-2)12-10-17)23-24-25(22)29-33-27(24)20-8-4-3-7-19(20)26(23)31/h3-4,7-12,14,16,28H,5-6,13,15H2,1-2H3/t16-/m1/s1. The van der Waals surface area contributed by atoms with E-state index in [0.29, 0.717) is 22.8 Å². The Bertz CT molecular complexity index is 1370. The van der Waals surface area contributed by atoms with Crippen LogP contribution in [0, 0.1) is 5.92 Å². The molecule has 3 aromatic carbocycles. The van der Waals surface area contributed by atoms with Gasteiger partial charge in [-0.1, -0.05) is 36.3 Å². The number of ketones is 1. The van der Waals surface area contributed by atoms with E-state index in [-0.39, 0.29) is 5.78 Å². The SMILES string of the molecule is COc1ccc(Nc2cc(N3CCC[C@@H](C)C3)c3noc4c3c2C(=O)c2ccccc2-4)cc1. The highest BCUT2D eigenvalue weighted by Gasteiger charge is 2.34. The Morgan fingerprint density at radius 2 is 1.91 bits per heavy atom. The first-order valence-electron chi connectivity index (χ1n) is 11.4. The average molecular weight is 440 g/mol. The molecular weight excluding hydrogens is 414 g/mol. The molecular formula is C27H25N3O3. The molecule has 1 fully saturated rings. The maximum absolute atomic E-state index is 13.7. The van der Waals surface area contributed by atoms with Crippen molar-refractivity contribution in [3.63, 3.8) is 0 Å². The molecule has 0 spiro atoms. The molecule has 6 nitrogen and oxygen atoms in total. The van der Waals surface area contributed by atoms with Crippen LogP contribution in [-0.4, -0.2) is 31.1 Å². The van der Waals surface area contributed by atoms with Crippen molar-refractivity contribution in [2.24, 2.45) is 5.92 Å². The van der Waals surface area contributed by atoms with Crippen molar-refractivity contribution in [1.29, 1.82) is 0 Å². The van der Waals surface area contributed by atoms with E-state index in [9.17, 15) is 4.79 Å². The minimum absolute atomic E-state index is 0.0131. The summed E-state index contributed by atoms with van der Waals surface area (Å²) < 4.78 is 11.2. The maximum atomic E-state index is 13.7. The summed E-state index contributed by atoms with van der Waals surface area (Å²) in [5.74, 6) is 2.04. The zero-order valence-corrected chi connectivity index (χ0v) is 18.7. The number of rotatable bonds is 4. The zero-order valence-electron chi connectivity index (χ0n) is 18.7. The smallest absolute Gasteiger partial charge is 0.196 e. The normalized spacial score (nSPS) is 17.2. The van der Waals surface area contributed by atoms with Gasteiger partial charge in [-0.25, -0.2) is 0 Å². The van der Waals surface area contributed by atoms with Crippen LogP contribution >= 0.6 is 0 Å². The molecule has 2 heterocycles. The largest absolute Gasteiger partial charge is 0.497 e. The molecule has 1 atom stereocenters. The quantitative estimate of drug-likeness (QED) is 0.369. The molecule has 33 heavy (non-hydrogen) atoms. The minimum atomic E-state index is -0.0131. The van der Waals surface area contributed by atoms with Crippen LogP contribution in [0.25, 0.3) is 22.2 Å². The fraction of sp³-hybridized carbons (Fsp3) is 0.259. The van der Waals surface area contributed by atoms with Crippen molar-refractivity contribution >= 4 is 33.7 Å². The molecule has 4 aromatic rings. The lowest BCUT2D eigenvalue weighted by Gasteiger charge is -2.33. The molecule has 1 aliphatic heterocycles. The highest BCUT2D eigenvalue weighted by Crippen LogP contribution is 2.46. The molecule has 0 amide bonds. The van der Waals surface area contributed by atoms with Crippen molar-refractivity contribution in [3.8, 4) is 17.1 Å². The number of hydrogen-bond acceptors (Lipinski definition) is 6. The van der Waals surface area contributed by atoms with Crippen molar-refractivity contribution in [3.05, 3.63) is 65.7 Å². The molecule has 0 unspecified atom stereocenters. The van der Waals surface area contributed by atoms with E-state index in [2.05, 4.69) is 28.4 Å². The number of ether oxygens (including phenoxy) is 1. The second-order valence-corrected chi connectivity index (χ2v) is 8.98. The number of methoxy groups -OCH3 is 1. The lowest BCUT2D eigenvalue weighted by Crippen LogP contribution is -2.34. The third-order valence-electron chi connectivity index (χ3n) is 6.75.